The number of aromatic nitrogens is 2. The van der Waals surface area contributed by atoms with E-state index >= 15 is 0 Å². The number of hydrogen-bond donors (Lipinski definition) is 2. The van der Waals surface area contributed by atoms with Crippen molar-refractivity contribution in [3.63, 3.8) is 0 Å². The Labute approximate surface area is 113 Å². The molecule has 0 aliphatic rings. The number of nitrogens with zero attached hydrogens (tertiary/aromatic N) is 2. The summed E-state index contributed by atoms with van der Waals surface area (Å²) < 4.78 is 0. The molecule has 1 aromatic carbocycles. The van der Waals surface area contributed by atoms with Crippen LogP contribution < -0.4 is 11.1 Å². The van der Waals surface area contributed by atoms with Crippen LogP contribution in [0.25, 0.3) is 0 Å². The monoisotopic (exact) mass is 280 g/mol. The molecule has 18 heavy (non-hydrogen) atoms. The molecular weight excluding hydrogens is 268 g/mol. The Morgan fingerprint density at radius 2 is 2.11 bits per heavy atom. The molecule has 0 unspecified atom stereocenters. The van der Waals surface area contributed by atoms with Gasteiger partial charge in [-0.05, 0) is 12.1 Å². The number of carbonyl (C=O) groups excluding carboxylic acids is 1. The highest BCUT2D eigenvalue weighted by molar-refractivity contribution is 7.98. The SMILES string of the molecule is NCC(=O)Nc1nnc(CSc2ccccc2)s1. The second-order valence-corrected chi connectivity index (χ2v) is 5.47. The third kappa shape index (κ3) is 3.80. The highest BCUT2D eigenvalue weighted by Gasteiger charge is 2.07. The molecule has 1 heterocycles. The van der Waals surface area contributed by atoms with Crippen molar-refractivity contribution in [3.05, 3.63) is 35.3 Å². The summed E-state index contributed by atoms with van der Waals surface area (Å²) in [6, 6.07) is 10.1. The molecule has 1 amide bonds. The van der Waals surface area contributed by atoms with Crippen LogP contribution in [0.15, 0.2) is 35.2 Å². The van der Waals surface area contributed by atoms with Gasteiger partial charge in [0.15, 0.2) is 0 Å². The summed E-state index contributed by atoms with van der Waals surface area (Å²) in [4.78, 5) is 12.2. The summed E-state index contributed by atoms with van der Waals surface area (Å²) in [5, 5.41) is 11.8. The summed E-state index contributed by atoms with van der Waals surface area (Å²) in [5.41, 5.74) is 5.20. The Morgan fingerprint density at radius 1 is 1.33 bits per heavy atom. The second kappa shape index (κ2) is 6.48. The van der Waals surface area contributed by atoms with Gasteiger partial charge in [0, 0.05) is 4.90 Å². The first-order valence-electron chi connectivity index (χ1n) is 5.28. The highest BCUT2D eigenvalue weighted by Crippen LogP contribution is 2.25. The lowest BCUT2D eigenvalue weighted by atomic mass is 10.4. The number of nitrogens with two attached hydrogens (primary N) is 1. The van der Waals surface area contributed by atoms with Crippen molar-refractivity contribution < 1.29 is 4.79 Å². The van der Waals surface area contributed by atoms with Gasteiger partial charge < -0.3 is 5.73 Å². The first kappa shape index (κ1) is 13.0. The van der Waals surface area contributed by atoms with E-state index in [1.54, 1.807) is 11.8 Å². The molecule has 0 atom stereocenters. The molecule has 1 aromatic heterocycles. The van der Waals surface area contributed by atoms with Crippen LogP contribution in [0.5, 0.6) is 0 Å². The van der Waals surface area contributed by atoms with Crippen molar-refractivity contribution in [1.29, 1.82) is 0 Å². The topological polar surface area (TPSA) is 80.9 Å². The fourth-order valence-corrected chi connectivity index (χ4v) is 2.86. The maximum atomic E-state index is 11.1. The van der Waals surface area contributed by atoms with Gasteiger partial charge in [0.2, 0.25) is 11.0 Å². The van der Waals surface area contributed by atoms with Gasteiger partial charge in [-0.3, -0.25) is 10.1 Å². The maximum Gasteiger partial charge on any atom is 0.239 e. The number of anilines is 1. The van der Waals surface area contributed by atoms with Crippen LogP contribution >= 0.6 is 23.1 Å². The van der Waals surface area contributed by atoms with E-state index < -0.39 is 0 Å². The minimum absolute atomic E-state index is 0.0479. The molecule has 2 rings (SSSR count). The van der Waals surface area contributed by atoms with E-state index in [9.17, 15) is 4.79 Å². The highest BCUT2D eigenvalue weighted by atomic mass is 32.2. The van der Waals surface area contributed by atoms with Crippen molar-refractivity contribution in [2.45, 2.75) is 10.6 Å². The van der Waals surface area contributed by atoms with Crippen LogP contribution in [0.4, 0.5) is 5.13 Å². The molecule has 0 fully saturated rings. The van der Waals surface area contributed by atoms with E-state index in [0.29, 0.717) is 5.13 Å². The van der Waals surface area contributed by atoms with E-state index in [2.05, 4.69) is 15.5 Å². The van der Waals surface area contributed by atoms with E-state index in [4.69, 9.17) is 5.73 Å². The normalized spacial score (nSPS) is 10.3. The van der Waals surface area contributed by atoms with Gasteiger partial charge in [0.05, 0.1) is 12.3 Å². The third-order valence-electron chi connectivity index (χ3n) is 2.00. The number of rotatable bonds is 5. The van der Waals surface area contributed by atoms with Crippen molar-refractivity contribution in [2.75, 3.05) is 11.9 Å². The van der Waals surface area contributed by atoms with Gasteiger partial charge in [-0.15, -0.1) is 22.0 Å². The molecule has 0 bridgehead atoms. The Kier molecular flexibility index (Phi) is 4.68. The third-order valence-corrected chi connectivity index (χ3v) is 4.05. The standard InChI is InChI=1S/C11H12N4OS2/c12-6-9(16)13-11-15-14-10(18-11)7-17-8-4-2-1-3-5-8/h1-5H,6-7,12H2,(H,13,15,16). The lowest BCUT2D eigenvalue weighted by Crippen LogP contribution is -2.21. The lowest BCUT2D eigenvalue weighted by Gasteiger charge is -1.97. The number of carbonyl (C=O) groups is 1. The summed E-state index contributed by atoms with van der Waals surface area (Å²) in [7, 11) is 0. The van der Waals surface area contributed by atoms with Gasteiger partial charge in [-0.2, -0.15) is 0 Å². The molecule has 0 saturated carbocycles. The van der Waals surface area contributed by atoms with E-state index in [0.717, 1.165) is 10.8 Å². The van der Waals surface area contributed by atoms with Crippen molar-refractivity contribution in [2.24, 2.45) is 5.73 Å². The molecular formula is C11H12N4OS2. The second-order valence-electron chi connectivity index (χ2n) is 3.35. The smallest absolute Gasteiger partial charge is 0.239 e. The molecule has 3 N–H and O–H groups in total. The molecule has 0 saturated heterocycles. The molecule has 0 radical (unpaired) electrons. The zero-order valence-electron chi connectivity index (χ0n) is 9.50. The minimum atomic E-state index is -0.256. The van der Waals surface area contributed by atoms with Crippen LogP contribution in [0.3, 0.4) is 0 Å². The van der Waals surface area contributed by atoms with Crippen molar-refractivity contribution in [1.82, 2.24) is 10.2 Å². The summed E-state index contributed by atoms with van der Waals surface area (Å²) in [6.07, 6.45) is 0. The Hall–Kier alpha value is -1.44. The Balaban J connectivity index is 1.89. The van der Waals surface area contributed by atoms with Crippen LogP contribution in [-0.2, 0) is 10.5 Å². The van der Waals surface area contributed by atoms with Crippen LogP contribution in [0.1, 0.15) is 5.01 Å². The zero-order chi connectivity index (χ0) is 12.8. The van der Waals surface area contributed by atoms with Crippen molar-refractivity contribution >= 4 is 34.1 Å². The summed E-state index contributed by atoms with van der Waals surface area (Å²) in [6.45, 7) is -0.0479. The van der Waals surface area contributed by atoms with E-state index in [1.807, 2.05) is 30.3 Å². The largest absolute Gasteiger partial charge is 0.322 e. The fraction of sp³-hybridized carbons (Fsp3) is 0.182. The maximum absolute atomic E-state index is 11.1. The molecule has 5 nitrogen and oxygen atoms in total. The quantitative estimate of drug-likeness (QED) is 0.815. The number of nitrogens with one attached hydrogen (secondary N) is 1. The molecule has 0 spiro atoms. The predicted octanol–water partition coefficient (Wildman–Crippen LogP) is 1.73. The minimum Gasteiger partial charge on any atom is -0.322 e. The van der Waals surface area contributed by atoms with Gasteiger partial charge in [0.25, 0.3) is 0 Å². The van der Waals surface area contributed by atoms with Crippen LogP contribution in [0, 0.1) is 0 Å². The number of benzene rings is 1. The number of thioether (sulfide) groups is 1. The zero-order valence-corrected chi connectivity index (χ0v) is 11.1. The first-order valence-corrected chi connectivity index (χ1v) is 7.08. The average molecular weight is 280 g/mol. The average Bonchev–Trinajstić information content (AvgIpc) is 2.85. The van der Waals surface area contributed by atoms with Crippen molar-refractivity contribution in [3.8, 4) is 0 Å². The first-order chi connectivity index (χ1) is 8.78. The van der Waals surface area contributed by atoms with Crippen LogP contribution in [0.2, 0.25) is 0 Å². The molecule has 2 aromatic rings. The van der Waals surface area contributed by atoms with E-state index in [-0.39, 0.29) is 12.5 Å². The lowest BCUT2D eigenvalue weighted by molar-refractivity contribution is -0.114. The van der Waals surface area contributed by atoms with Gasteiger partial charge >= 0.3 is 0 Å². The molecule has 0 aliphatic heterocycles. The van der Waals surface area contributed by atoms with Gasteiger partial charge in [-0.1, -0.05) is 29.5 Å². The Morgan fingerprint density at radius 3 is 2.83 bits per heavy atom. The Bertz CT molecular complexity index is 515. The number of amides is 1. The fourth-order valence-electron chi connectivity index (χ4n) is 1.19. The van der Waals surface area contributed by atoms with Gasteiger partial charge in [-0.25, -0.2) is 0 Å². The van der Waals surface area contributed by atoms with Gasteiger partial charge in [0.1, 0.15) is 5.01 Å². The molecule has 0 aliphatic carbocycles. The van der Waals surface area contributed by atoms with Crippen LogP contribution in [-0.4, -0.2) is 22.6 Å². The summed E-state index contributed by atoms with van der Waals surface area (Å²) in [5.74, 6) is 0.480. The predicted molar refractivity (Wildman–Crippen MR) is 73.6 cm³/mol. The van der Waals surface area contributed by atoms with E-state index in [1.165, 1.54) is 16.2 Å². The molecule has 7 heteroatoms. The summed E-state index contributed by atoms with van der Waals surface area (Å²) >= 11 is 3.05. The number of hydrogen-bond acceptors (Lipinski definition) is 6. The molecule has 94 valence electrons.